The van der Waals surface area contributed by atoms with Crippen LogP contribution in [0.4, 0.5) is 0 Å². The largest absolute Gasteiger partial charge is 0.356 e. The van der Waals surface area contributed by atoms with E-state index in [0.29, 0.717) is 42.5 Å². The minimum atomic E-state index is -3.19. The van der Waals surface area contributed by atoms with E-state index in [0.717, 1.165) is 23.9 Å². The smallest absolute Gasteiger partial charge is 0.262 e. The highest BCUT2D eigenvalue weighted by Crippen LogP contribution is 2.09. The van der Waals surface area contributed by atoms with Crippen LogP contribution in [0.2, 0.25) is 0 Å². The van der Waals surface area contributed by atoms with Gasteiger partial charge in [-0.25, -0.2) is 8.42 Å². The van der Waals surface area contributed by atoms with Crippen LogP contribution in [0.25, 0.3) is 10.9 Å². The molecule has 0 radical (unpaired) electrons. The van der Waals surface area contributed by atoms with Crippen molar-refractivity contribution in [2.24, 2.45) is 0 Å². The van der Waals surface area contributed by atoms with Gasteiger partial charge >= 0.3 is 0 Å². The van der Waals surface area contributed by atoms with Crippen LogP contribution in [0, 0.1) is 4.77 Å². The van der Waals surface area contributed by atoms with Crippen molar-refractivity contribution in [3.05, 3.63) is 75.3 Å². The lowest BCUT2D eigenvalue weighted by Crippen LogP contribution is -2.26. The molecule has 0 atom stereocenters. The third-order valence-corrected chi connectivity index (χ3v) is 7.36. The average Bonchev–Trinajstić information content (AvgIpc) is 2.79. The zero-order valence-corrected chi connectivity index (χ0v) is 20.1. The predicted molar refractivity (Wildman–Crippen MR) is 133 cm³/mol. The van der Waals surface area contributed by atoms with Crippen LogP contribution in [0.5, 0.6) is 0 Å². The molecule has 0 aliphatic rings. The molecule has 33 heavy (non-hydrogen) atoms. The first kappa shape index (κ1) is 24.9. The number of amides is 1. The number of sulfone groups is 1. The molecule has 1 aromatic heterocycles. The van der Waals surface area contributed by atoms with Crippen LogP contribution in [-0.4, -0.2) is 36.2 Å². The second-order valence-electron chi connectivity index (χ2n) is 8.02. The maximum absolute atomic E-state index is 12.6. The summed E-state index contributed by atoms with van der Waals surface area (Å²) in [5.41, 5.74) is 1.40. The second kappa shape index (κ2) is 11.9. The number of H-pyrrole nitrogens is 1. The molecule has 176 valence electrons. The third kappa shape index (κ3) is 7.64. The number of hydrogen-bond acceptors (Lipinski definition) is 5. The Morgan fingerprint density at radius 3 is 2.48 bits per heavy atom. The van der Waals surface area contributed by atoms with E-state index in [9.17, 15) is 18.0 Å². The standard InChI is InChI=1S/C24H29N3O4S2/c28-22(25-15-9-17-33(30,31)18-19-10-3-1-4-11-19)14-5-2-8-16-27-23(29)20-12-6-7-13-21(20)26-24(27)32/h1,3-4,6-7,10-13H,2,5,8-9,14-18H2,(H,25,28)(H,26,32). The Morgan fingerprint density at radius 2 is 1.70 bits per heavy atom. The Morgan fingerprint density at radius 1 is 0.970 bits per heavy atom. The molecule has 1 heterocycles. The van der Waals surface area contributed by atoms with Crippen LogP contribution in [0.1, 0.15) is 37.7 Å². The molecule has 3 aromatic rings. The van der Waals surface area contributed by atoms with Gasteiger partial charge in [-0.15, -0.1) is 0 Å². The number of rotatable bonds is 12. The highest BCUT2D eigenvalue weighted by Gasteiger charge is 2.12. The molecule has 0 unspecified atom stereocenters. The minimum absolute atomic E-state index is 0.0197. The summed E-state index contributed by atoms with van der Waals surface area (Å²) in [4.78, 5) is 27.7. The summed E-state index contributed by atoms with van der Waals surface area (Å²) in [6.07, 6.45) is 2.98. The Kier molecular flexibility index (Phi) is 8.96. The van der Waals surface area contributed by atoms with Crippen molar-refractivity contribution >= 4 is 38.9 Å². The van der Waals surface area contributed by atoms with Gasteiger partial charge in [0.15, 0.2) is 14.6 Å². The Labute approximate surface area is 198 Å². The first-order chi connectivity index (χ1) is 15.9. The number of hydrogen-bond donors (Lipinski definition) is 2. The lowest BCUT2D eigenvalue weighted by Gasteiger charge is -2.08. The summed E-state index contributed by atoms with van der Waals surface area (Å²) in [6.45, 7) is 0.842. The van der Waals surface area contributed by atoms with Crippen molar-refractivity contribution in [1.29, 1.82) is 0 Å². The number of fused-ring (bicyclic) bond motifs is 1. The summed E-state index contributed by atoms with van der Waals surface area (Å²) in [5, 5.41) is 3.39. The second-order valence-corrected chi connectivity index (χ2v) is 10.6. The van der Waals surface area contributed by atoms with Crippen molar-refractivity contribution in [2.45, 2.75) is 44.4 Å². The number of carbonyl (C=O) groups is 1. The van der Waals surface area contributed by atoms with E-state index in [1.807, 2.05) is 36.4 Å². The van der Waals surface area contributed by atoms with Crippen LogP contribution in [-0.2, 0) is 26.9 Å². The SMILES string of the molecule is O=C(CCCCCn1c(=S)[nH]c2ccccc2c1=O)NCCCS(=O)(=O)Cc1ccccc1. The quantitative estimate of drug-likeness (QED) is 0.299. The Bertz CT molecular complexity index is 1300. The van der Waals surface area contributed by atoms with Crippen LogP contribution in [0.15, 0.2) is 59.4 Å². The minimum Gasteiger partial charge on any atom is -0.356 e. The molecule has 1 amide bonds. The van der Waals surface area contributed by atoms with Crippen molar-refractivity contribution in [3.63, 3.8) is 0 Å². The van der Waals surface area contributed by atoms with Gasteiger partial charge in [0.2, 0.25) is 5.91 Å². The maximum atomic E-state index is 12.6. The zero-order valence-electron chi connectivity index (χ0n) is 18.5. The monoisotopic (exact) mass is 487 g/mol. The summed E-state index contributed by atoms with van der Waals surface area (Å²) in [5.74, 6) is -0.0229. The van der Waals surface area contributed by atoms with Crippen molar-refractivity contribution < 1.29 is 13.2 Å². The van der Waals surface area contributed by atoms with E-state index in [-0.39, 0.29) is 23.0 Å². The maximum Gasteiger partial charge on any atom is 0.262 e. The van der Waals surface area contributed by atoms with Crippen LogP contribution < -0.4 is 10.9 Å². The molecule has 0 aliphatic carbocycles. The van der Waals surface area contributed by atoms with Gasteiger partial charge in [0.1, 0.15) is 0 Å². The van der Waals surface area contributed by atoms with Crippen molar-refractivity contribution in [2.75, 3.05) is 12.3 Å². The summed E-state index contributed by atoms with van der Waals surface area (Å²) in [6, 6.07) is 16.4. The van der Waals surface area contributed by atoms with Gasteiger partial charge in [0.05, 0.1) is 22.4 Å². The number of benzene rings is 2. The van der Waals surface area contributed by atoms with Gasteiger partial charge in [0.25, 0.3) is 5.56 Å². The molecule has 0 bridgehead atoms. The molecule has 0 aliphatic heterocycles. The van der Waals surface area contributed by atoms with Gasteiger partial charge in [-0.2, -0.15) is 0 Å². The first-order valence-corrected chi connectivity index (χ1v) is 13.3. The van der Waals surface area contributed by atoms with Crippen LogP contribution >= 0.6 is 12.2 Å². The molecule has 2 N–H and O–H groups in total. The normalized spacial score (nSPS) is 11.5. The molecule has 2 aromatic carbocycles. The molecule has 9 heteroatoms. The molecule has 7 nitrogen and oxygen atoms in total. The highest BCUT2D eigenvalue weighted by molar-refractivity contribution is 7.90. The fourth-order valence-corrected chi connectivity index (χ4v) is 5.36. The number of unbranched alkanes of at least 4 members (excludes halogenated alkanes) is 2. The summed E-state index contributed by atoms with van der Waals surface area (Å²) < 4.78 is 26.3. The Balaban J connectivity index is 1.32. The number of carbonyl (C=O) groups excluding carboxylic acids is 1. The Hall–Kier alpha value is -2.78. The van der Waals surface area contributed by atoms with Gasteiger partial charge in [-0.05, 0) is 49.2 Å². The fraction of sp³-hybridized carbons (Fsp3) is 0.375. The van der Waals surface area contributed by atoms with Gasteiger partial charge < -0.3 is 10.3 Å². The molecular formula is C24H29N3O4S2. The topological polar surface area (TPSA) is 101 Å². The fourth-order valence-electron chi connectivity index (χ4n) is 3.64. The zero-order chi connectivity index (χ0) is 23.7. The molecule has 0 saturated carbocycles. The van der Waals surface area contributed by atoms with Crippen LogP contribution in [0.3, 0.4) is 0 Å². The molecular weight excluding hydrogens is 458 g/mol. The molecule has 0 saturated heterocycles. The molecule has 0 fully saturated rings. The number of nitrogens with zero attached hydrogens (tertiary/aromatic N) is 1. The summed E-state index contributed by atoms with van der Waals surface area (Å²) >= 11 is 5.31. The van der Waals surface area contributed by atoms with Crippen molar-refractivity contribution in [3.8, 4) is 0 Å². The summed E-state index contributed by atoms with van der Waals surface area (Å²) in [7, 11) is -3.19. The number of nitrogens with one attached hydrogen (secondary N) is 2. The molecule has 3 rings (SSSR count). The number of aromatic amines is 1. The van der Waals surface area contributed by atoms with Gasteiger partial charge in [-0.1, -0.05) is 48.9 Å². The third-order valence-electron chi connectivity index (χ3n) is 5.36. The van der Waals surface area contributed by atoms with Gasteiger partial charge in [-0.3, -0.25) is 14.2 Å². The average molecular weight is 488 g/mol. The van der Waals surface area contributed by atoms with E-state index in [1.54, 1.807) is 22.8 Å². The highest BCUT2D eigenvalue weighted by atomic mass is 32.2. The van der Waals surface area contributed by atoms with E-state index in [1.165, 1.54) is 0 Å². The van der Waals surface area contributed by atoms with E-state index in [4.69, 9.17) is 12.2 Å². The first-order valence-electron chi connectivity index (χ1n) is 11.1. The molecule has 0 spiro atoms. The number of para-hydroxylation sites is 1. The lowest BCUT2D eigenvalue weighted by molar-refractivity contribution is -0.121. The predicted octanol–water partition coefficient (Wildman–Crippen LogP) is 3.74. The van der Waals surface area contributed by atoms with E-state index in [2.05, 4.69) is 10.3 Å². The lowest BCUT2D eigenvalue weighted by atomic mass is 10.2. The van der Waals surface area contributed by atoms with E-state index >= 15 is 0 Å². The van der Waals surface area contributed by atoms with Gasteiger partial charge in [0, 0.05) is 19.5 Å². The van der Waals surface area contributed by atoms with Crippen molar-refractivity contribution in [1.82, 2.24) is 14.9 Å². The van der Waals surface area contributed by atoms with E-state index < -0.39 is 9.84 Å². The number of aromatic nitrogens is 2.